The minimum Gasteiger partial charge on any atom is -0.508 e. The van der Waals surface area contributed by atoms with Crippen molar-refractivity contribution in [3.05, 3.63) is 77.1 Å². The molecule has 8 rings (SSSR count). The number of hydrazine groups is 1. The molecule has 2 amide bonds. The number of nitrogens with zero attached hydrogens (tertiary/aromatic N) is 3. The predicted molar refractivity (Wildman–Crippen MR) is 175 cm³/mol. The largest absolute Gasteiger partial charge is 0.508 e. The molecule has 5 heterocycles. The van der Waals surface area contributed by atoms with Crippen LogP contribution < -0.4 is 5.43 Å². The van der Waals surface area contributed by atoms with Gasteiger partial charge < -0.3 is 50.0 Å². The lowest BCUT2D eigenvalue weighted by Gasteiger charge is -2.41. The molecular weight excluding hydrogens is 638 g/mol. The van der Waals surface area contributed by atoms with Crippen molar-refractivity contribution in [1.29, 1.82) is 0 Å². The number of fused-ring (bicyclic) bond motifs is 10. The summed E-state index contributed by atoms with van der Waals surface area (Å²) in [5.74, 6) is -1.60. The number of benzene rings is 3. The second kappa shape index (κ2) is 11.8. The number of aliphatic hydroxyl groups excluding tert-OH is 5. The van der Waals surface area contributed by atoms with Crippen molar-refractivity contribution in [3.8, 4) is 11.5 Å². The summed E-state index contributed by atoms with van der Waals surface area (Å²) >= 11 is 0. The lowest BCUT2D eigenvalue weighted by Crippen LogP contribution is -2.56. The van der Waals surface area contributed by atoms with Gasteiger partial charge in [-0.15, -0.1) is 0 Å². The van der Waals surface area contributed by atoms with Crippen molar-refractivity contribution in [3.63, 3.8) is 0 Å². The number of ether oxygens (including phenoxy) is 1. The third-order valence-electron chi connectivity index (χ3n) is 9.31. The van der Waals surface area contributed by atoms with Gasteiger partial charge in [0.15, 0.2) is 6.23 Å². The van der Waals surface area contributed by atoms with Crippen LogP contribution in [0.15, 0.2) is 54.9 Å². The molecule has 9 N–H and O–H groups in total. The van der Waals surface area contributed by atoms with E-state index in [1.165, 1.54) is 41.2 Å². The van der Waals surface area contributed by atoms with Gasteiger partial charge in [-0.2, -0.15) is 0 Å². The summed E-state index contributed by atoms with van der Waals surface area (Å²) in [7, 11) is 0. The smallest absolute Gasteiger partial charge is 0.276 e. The summed E-state index contributed by atoms with van der Waals surface area (Å²) in [5, 5.41) is 75.6. The Morgan fingerprint density at radius 2 is 1.55 bits per heavy atom. The van der Waals surface area contributed by atoms with Crippen LogP contribution in [0.1, 0.15) is 45.5 Å². The number of hydrogen-bond donors (Lipinski definition) is 9. The van der Waals surface area contributed by atoms with Gasteiger partial charge >= 0.3 is 0 Å². The lowest BCUT2D eigenvalue weighted by atomic mass is 9.96. The molecule has 3 aromatic heterocycles. The van der Waals surface area contributed by atoms with E-state index in [1.54, 1.807) is 18.2 Å². The summed E-state index contributed by atoms with van der Waals surface area (Å²) in [6.45, 7) is -0.997. The molecular formula is C34H33N5O10. The minimum atomic E-state index is -1.74. The number of aromatic nitrogens is 3. The molecule has 0 radical (unpaired) electrons. The van der Waals surface area contributed by atoms with Gasteiger partial charge in [-0.3, -0.25) is 14.6 Å². The van der Waals surface area contributed by atoms with E-state index in [-0.39, 0.29) is 59.6 Å². The van der Waals surface area contributed by atoms with Gasteiger partial charge in [-0.25, -0.2) is 10.4 Å². The van der Waals surface area contributed by atoms with E-state index in [4.69, 9.17) is 4.74 Å². The Hall–Kier alpha value is -5.13. The van der Waals surface area contributed by atoms with Gasteiger partial charge in [-0.1, -0.05) is 7.43 Å². The first kappa shape index (κ1) is 32.4. The number of carbonyl (C=O) groups is 2. The third kappa shape index (κ3) is 4.59. The van der Waals surface area contributed by atoms with E-state index in [9.17, 15) is 45.3 Å². The fourth-order valence-electron chi connectivity index (χ4n) is 7.05. The average molecular weight is 672 g/mol. The fourth-order valence-corrected chi connectivity index (χ4v) is 7.05. The Labute approximate surface area is 276 Å². The summed E-state index contributed by atoms with van der Waals surface area (Å²) < 4.78 is 7.45. The highest BCUT2D eigenvalue weighted by atomic mass is 16.6. The molecule has 1 fully saturated rings. The van der Waals surface area contributed by atoms with E-state index in [2.05, 4.69) is 15.4 Å². The van der Waals surface area contributed by atoms with Gasteiger partial charge in [0.1, 0.15) is 35.9 Å². The highest BCUT2D eigenvalue weighted by molar-refractivity contribution is 6.39. The number of aromatic hydroxyl groups is 2. The quantitative estimate of drug-likeness (QED) is 0.115. The summed E-state index contributed by atoms with van der Waals surface area (Å²) in [5.41, 5.74) is 5.33. The first-order valence-electron chi connectivity index (χ1n) is 15.1. The molecule has 6 aromatic rings. The van der Waals surface area contributed by atoms with Crippen molar-refractivity contribution in [1.82, 2.24) is 25.0 Å². The Balaban J connectivity index is 0.00000378. The number of pyridine rings is 1. The average Bonchev–Trinajstić information content (AvgIpc) is 3.69. The van der Waals surface area contributed by atoms with Crippen molar-refractivity contribution in [2.75, 3.05) is 6.61 Å². The van der Waals surface area contributed by atoms with Crippen LogP contribution in [0.5, 0.6) is 11.5 Å². The normalized spacial score (nSPS) is 22.5. The maximum absolute atomic E-state index is 14.4. The van der Waals surface area contributed by atoms with Crippen LogP contribution in [-0.4, -0.2) is 98.1 Å². The number of carbonyl (C=O) groups excluding carboxylic acids is 2. The van der Waals surface area contributed by atoms with Crippen molar-refractivity contribution in [2.45, 2.75) is 51.2 Å². The highest BCUT2D eigenvalue weighted by Crippen LogP contribution is 2.48. The van der Waals surface area contributed by atoms with Crippen molar-refractivity contribution in [2.24, 2.45) is 0 Å². The van der Waals surface area contributed by atoms with E-state index in [0.717, 1.165) is 5.01 Å². The molecule has 254 valence electrons. The molecule has 49 heavy (non-hydrogen) atoms. The van der Waals surface area contributed by atoms with Crippen LogP contribution in [0.3, 0.4) is 0 Å². The zero-order chi connectivity index (χ0) is 33.6. The Morgan fingerprint density at radius 1 is 0.857 bits per heavy atom. The van der Waals surface area contributed by atoms with Crippen molar-refractivity contribution < 1.29 is 50.1 Å². The van der Waals surface area contributed by atoms with E-state index in [0.29, 0.717) is 38.3 Å². The molecule has 15 nitrogen and oxygen atoms in total. The number of H-pyrrole nitrogens is 1. The Kier molecular flexibility index (Phi) is 7.79. The molecule has 2 aliphatic rings. The van der Waals surface area contributed by atoms with E-state index < -0.39 is 49.1 Å². The topological polar surface area (TPSA) is 234 Å². The predicted octanol–water partition coefficient (Wildman–Crippen LogP) is 1.64. The summed E-state index contributed by atoms with van der Waals surface area (Å²) in [6, 6.07) is 10.5. The molecule has 5 atom stereocenters. The zero-order valence-electron chi connectivity index (χ0n) is 24.9. The minimum absolute atomic E-state index is 0. The van der Waals surface area contributed by atoms with Crippen molar-refractivity contribution >= 4 is 55.4 Å². The molecule has 0 bridgehead atoms. The maximum atomic E-state index is 14.4. The molecule has 5 unspecified atom stereocenters. The van der Waals surface area contributed by atoms with Crippen LogP contribution in [0, 0.1) is 0 Å². The van der Waals surface area contributed by atoms with Gasteiger partial charge in [0.05, 0.1) is 46.4 Å². The second-order valence-corrected chi connectivity index (χ2v) is 12.0. The molecule has 0 saturated carbocycles. The first-order valence-corrected chi connectivity index (χ1v) is 15.1. The number of aliphatic hydroxyl groups is 5. The highest BCUT2D eigenvalue weighted by Gasteiger charge is 2.47. The van der Waals surface area contributed by atoms with Gasteiger partial charge in [0, 0.05) is 58.2 Å². The molecule has 2 aliphatic heterocycles. The zero-order valence-corrected chi connectivity index (χ0v) is 24.9. The van der Waals surface area contributed by atoms with Crippen LogP contribution >= 0.6 is 0 Å². The molecule has 1 saturated heterocycles. The number of amides is 2. The number of nitrogens with one attached hydrogen (secondary N) is 2. The third-order valence-corrected chi connectivity index (χ3v) is 9.31. The first-order chi connectivity index (χ1) is 23.1. The van der Waals surface area contributed by atoms with E-state index in [1.807, 2.05) is 0 Å². The number of imide groups is 1. The number of phenolic OH excluding ortho intramolecular Hbond substituents is 2. The molecule has 3 aromatic carbocycles. The van der Waals surface area contributed by atoms with Gasteiger partial charge in [-0.05, 0) is 35.9 Å². The monoisotopic (exact) mass is 671 g/mol. The van der Waals surface area contributed by atoms with E-state index >= 15 is 0 Å². The SMILES string of the molecule is C.O=C1c2c(c3c4ccc(O)cc4n(C4OC(CO)C(O)C(O)C4O)c3c3[nH]c4cc(O)ccc4c23)C(=O)N1NCc1ccncc1CO. The molecule has 15 heteroatoms. The number of phenols is 2. The summed E-state index contributed by atoms with van der Waals surface area (Å²) in [4.78, 5) is 35.9. The number of hydrogen-bond acceptors (Lipinski definition) is 12. The number of rotatable bonds is 6. The summed E-state index contributed by atoms with van der Waals surface area (Å²) in [6.07, 6.45) is -4.84. The second-order valence-electron chi connectivity index (χ2n) is 12.0. The van der Waals surface area contributed by atoms with Gasteiger partial charge in [0.2, 0.25) is 0 Å². The van der Waals surface area contributed by atoms with Crippen LogP contribution in [0.4, 0.5) is 0 Å². The lowest BCUT2D eigenvalue weighted by molar-refractivity contribution is -0.249. The van der Waals surface area contributed by atoms with Crippen LogP contribution in [-0.2, 0) is 17.9 Å². The Bertz CT molecular complexity index is 2310. The molecule has 0 spiro atoms. The van der Waals surface area contributed by atoms with Gasteiger partial charge in [0.25, 0.3) is 11.8 Å². The Morgan fingerprint density at radius 3 is 2.27 bits per heavy atom. The number of aromatic amines is 1. The van der Waals surface area contributed by atoms with Crippen LogP contribution in [0.2, 0.25) is 0 Å². The van der Waals surface area contributed by atoms with Crippen LogP contribution in [0.25, 0.3) is 43.6 Å². The fraction of sp³-hybridized carbons (Fsp3) is 0.265. The molecule has 0 aliphatic carbocycles. The maximum Gasteiger partial charge on any atom is 0.276 e. The standard InChI is InChI=1S/C33H29N5O10.CH4/c39-11-14-9-34-6-5-13(14)10-35-38-31(46)24-22-17-3-1-15(41)7-19(17)36-26(22)27-23(25(24)32(38)47)18-4-2-16(42)8-20(18)37(27)33-30(45)29(44)28(43)21(12-40)48-33;/h1-9,21,28-30,33,35-36,39-45H,10-12H2;1H4.